The standard InChI is InChI=1S/C14H19Cl/c1-10-4-5-12(8-11(10)2)14(3)7-6-13(15)9-14/h4-5,8,13H,6-7,9H2,1-3H3. The van der Waals surface area contributed by atoms with Crippen molar-refractivity contribution in [1.82, 2.24) is 0 Å². The van der Waals surface area contributed by atoms with Gasteiger partial charge in [-0.2, -0.15) is 0 Å². The molecule has 0 saturated heterocycles. The van der Waals surface area contributed by atoms with Crippen molar-refractivity contribution in [3.63, 3.8) is 0 Å². The minimum Gasteiger partial charge on any atom is -0.123 e. The van der Waals surface area contributed by atoms with Crippen LogP contribution in [-0.2, 0) is 5.41 Å². The molecule has 2 unspecified atom stereocenters. The molecule has 0 spiro atoms. The van der Waals surface area contributed by atoms with Gasteiger partial charge < -0.3 is 0 Å². The Bertz CT molecular complexity index is 370. The number of benzene rings is 1. The predicted octanol–water partition coefficient (Wildman–Crippen LogP) is 4.35. The summed E-state index contributed by atoms with van der Waals surface area (Å²) in [5.41, 5.74) is 4.55. The quantitative estimate of drug-likeness (QED) is 0.620. The average molecular weight is 223 g/mol. The molecule has 0 amide bonds. The highest BCUT2D eigenvalue weighted by atomic mass is 35.5. The van der Waals surface area contributed by atoms with Crippen molar-refractivity contribution in [2.45, 2.75) is 50.8 Å². The number of aryl methyl sites for hydroxylation is 2. The lowest BCUT2D eigenvalue weighted by Crippen LogP contribution is -2.18. The van der Waals surface area contributed by atoms with Crippen LogP contribution in [0.2, 0.25) is 0 Å². The summed E-state index contributed by atoms with van der Waals surface area (Å²) in [6, 6.07) is 6.85. The summed E-state index contributed by atoms with van der Waals surface area (Å²) in [4.78, 5) is 0. The number of hydrogen-bond acceptors (Lipinski definition) is 0. The minimum absolute atomic E-state index is 0.310. The highest BCUT2D eigenvalue weighted by Crippen LogP contribution is 2.43. The van der Waals surface area contributed by atoms with E-state index < -0.39 is 0 Å². The summed E-state index contributed by atoms with van der Waals surface area (Å²) in [5, 5.41) is 0.372. The monoisotopic (exact) mass is 222 g/mol. The molecular weight excluding hydrogens is 204 g/mol. The molecule has 1 fully saturated rings. The van der Waals surface area contributed by atoms with Crippen LogP contribution in [0, 0.1) is 13.8 Å². The van der Waals surface area contributed by atoms with E-state index in [0.29, 0.717) is 10.8 Å². The highest BCUT2D eigenvalue weighted by Gasteiger charge is 2.35. The Morgan fingerprint density at radius 2 is 2.00 bits per heavy atom. The van der Waals surface area contributed by atoms with E-state index in [1.807, 2.05) is 0 Å². The zero-order valence-electron chi connectivity index (χ0n) is 9.81. The topological polar surface area (TPSA) is 0 Å². The first-order chi connectivity index (χ1) is 7.01. The summed E-state index contributed by atoms with van der Waals surface area (Å²) in [7, 11) is 0. The van der Waals surface area contributed by atoms with E-state index in [-0.39, 0.29) is 0 Å². The van der Waals surface area contributed by atoms with E-state index in [2.05, 4.69) is 39.0 Å². The van der Waals surface area contributed by atoms with Crippen LogP contribution in [-0.4, -0.2) is 5.38 Å². The fourth-order valence-corrected chi connectivity index (χ4v) is 3.00. The van der Waals surface area contributed by atoms with Crippen molar-refractivity contribution in [2.24, 2.45) is 0 Å². The summed E-state index contributed by atoms with van der Waals surface area (Å²) < 4.78 is 0. The molecule has 1 heteroatoms. The lowest BCUT2D eigenvalue weighted by atomic mass is 9.80. The third kappa shape index (κ3) is 2.06. The number of halogens is 1. The maximum absolute atomic E-state index is 6.22. The van der Waals surface area contributed by atoms with E-state index in [1.54, 1.807) is 0 Å². The summed E-state index contributed by atoms with van der Waals surface area (Å²) in [6.07, 6.45) is 3.51. The second-order valence-electron chi connectivity index (χ2n) is 5.20. The summed E-state index contributed by atoms with van der Waals surface area (Å²) in [5.74, 6) is 0. The van der Waals surface area contributed by atoms with Gasteiger partial charge in [0.2, 0.25) is 0 Å². The molecule has 82 valence electrons. The largest absolute Gasteiger partial charge is 0.123 e. The van der Waals surface area contributed by atoms with Gasteiger partial charge in [-0.1, -0.05) is 25.1 Å². The molecule has 0 N–H and O–H groups in total. The summed E-state index contributed by atoms with van der Waals surface area (Å²) >= 11 is 6.22. The van der Waals surface area contributed by atoms with E-state index in [4.69, 9.17) is 11.6 Å². The Hall–Kier alpha value is -0.490. The smallest absolute Gasteiger partial charge is 0.0344 e. The maximum atomic E-state index is 6.22. The van der Waals surface area contributed by atoms with E-state index >= 15 is 0 Å². The molecule has 1 aliphatic rings. The first-order valence-corrected chi connectivity index (χ1v) is 6.17. The fourth-order valence-electron chi connectivity index (χ4n) is 2.55. The van der Waals surface area contributed by atoms with Crippen molar-refractivity contribution in [2.75, 3.05) is 0 Å². The Morgan fingerprint density at radius 3 is 2.53 bits per heavy atom. The van der Waals surface area contributed by atoms with Crippen molar-refractivity contribution in [3.8, 4) is 0 Å². The number of hydrogen-bond donors (Lipinski definition) is 0. The molecule has 0 nitrogen and oxygen atoms in total. The molecule has 15 heavy (non-hydrogen) atoms. The van der Waals surface area contributed by atoms with E-state index in [9.17, 15) is 0 Å². The van der Waals surface area contributed by atoms with Gasteiger partial charge in [-0.15, -0.1) is 11.6 Å². The molecule has 2 rings (SSSR count). The summed E-state index contributed by atoms with van der Waals surface area (Å²) in [6.45, 7) is 6.70. The third-order valence-electron chi connectivity index (χ3n) is 3.89. The zero-order chi connectivity index (χ0) is 11.1. The zero-order valence-corrected chi connectivity index (χ0v) is 10.6. The molecule has 1 aromatic carbocycles. The van der Waals surface area contributed by atoms with Crippen LogP contribution in [0.4, 0.5) is 0 Å². The fraction of sp³-hybridized carbons (Fsp3) is 0.571. The minimum atomic E-state index is 0.310. The molecule has 1 aliphatic carbocycles. The van der Waals surface area contributed by atoms with Crippen LogP contribution >= 0.6 is 11.6 Å². The first-order valence-electron chi connectivity index (χ1n) is 5.73. The SMILES string of the molecule is Cc1ccc(C2(C)CCC(Cl)C2)cc1C. The van der Waals surface area contributed by atoms with Crippen molar-refractivity contribution in [3.05, 3.63) is 34.9 Å². The molecule has 0 heterocycles. The molecule has 0 bridgehead atoms. The van der Waals surface area contributed by atoms with Crippen LogP contribution in [0.3, 0.4) is 0 Å². The lowest BCUT2D eigenvalue weighted by Gasteiger charge is -2.25. The third-order valence-corrected chi connectivity index (χ3v) is 4.26. The number of alkyl halides is 1. The van der Waals surface area contributed by atoms with E-state index in [1.165, 1.54) is 23.1 Å². The van der Waals surface area contributed by atoms with Gasteiger partial charge >= 0.3 is 0 Å². The molecule has 0 aliphatic heterocycles. The van der Waals surface area contributed by atoms with Crippen LogP contribution in [0.5, 0.6) is 0 Å². The Kier molecular flexibility index (Phi) is 2.81. The van der Waals surface area contributed by atoms with Crippen LogP contribution in [0.1, 0.15) is 42.9 Å². The van der Waals surface area contributed by atoms with Gasteiger partial charge in [0.1, 0.15) is 0 Å². The van der Waals surface area contributed by atoms with Gasteiger partial charge in [0, 0.05) is 5.38 Å². The highest BCUT2D eigenvalue weighted by molar-refractivity contribution is 6.20. The van der Waals surface area contributed by atoms with Crippen LogP contribution in [0.25, 0.3) is 0 Å². The van der Waals surface area contributed by atoms with Gasteiger partial charge in [-0.25, -0.2) is 0 Å². The van der Waals surface area contributed by atoms with Gasteiger partial charge in [0.25, 0.3) is 0 Å². The molecule has 0 aromatic heterocycles. The first kappa shape index (κ1) is 11.0. The van der Waals surface area contributed by atoms with Gasteiger partial charge in [-0.3, -0.25) is 0 Å². The maximum Gasteiger partial charge on any atom is 0.0344 e. The van der Waals surface area contributed by atoms with Crippen molar-refractivity contribution in [1.29, 1.82) is 0 Å². The molecule has 1 aromatic rings. The second kappa shape index (κ2) is 3.83. The lowest BCUT2D eigenvalue weighted by molar-refractivity contribution is 0.491. The Labute approximate surface area is 97.6 Å². The van der Waals surface area contributed by atoms with Crippen LogP contribution < -0.4 is 0 Å². The molecule has 1 saturated carbocycles. The van der Waals surface area contributed by atoms with Gasteiger partial charge in [0.15, 0.2) is 0 Å². The average Bonchev–Trinajstić information content (AvgIpc) is 2.52. The van der Waals surface area contributed by atoms with Crippen molar-refractivity contribution >= 4 is 11.6 Å². The Balaban J connectivity index is 2.33. The normalized spacial score (nSPS) is 30.8. The molecule has 0 radical (unpaired) electrons. The van der Waals surface area contributed by atoms with Crippen LogP contribution in [0.15, 0.2) is 18.2 Å². The molecule has 2 atom stereocenters. The molecular formula is C14H19Cl. The number of rotatable bonds is 1. The van der Waals surface area contributed by atoms with E-state index in [0.717, 1.165) is 12.8 Å². The van der Waals surface area contributed by atoms with Crippen molar-refractivity contribution < 1.29 is 0 Å². The second-order valence-corrected chi connectivity index (χ2v) is 5.82. The predicted molar refractivity (Wildman–Crippen MR) is 66.8 cm³/mol. The Morgan fingerprint density at radius 1 is 1.27 bits per heavy atom. The van der Waals surface area contributed by atoms with Gasteiger partial charge in [-0.05, 0) is 55.2 Å². The van der Waals surface area contributed by atoms with Gasteiger partial charge in [0.05, 0.1) is 0 Å².